The summed E-state index contributed by atoms with van der Waals surface area (Å²) < 4.78 is 13.9. The number of carbonyl (C=O) groups is 1. The summed E-state index contributed by atoms with van der Waals surface area (Å²) in [4.78, 5) is 10.8. The zero-order valence-electron chi connectivity index (χ0n) is 7.89. The number of benzene rings is 1. The van der Waals surface area contributed by atoms with Crippen molar-refractivity contribution in [2.24, 2.45) is 5.73 Å². The Bertz CT molecular complexity index is 468. The van der Waals surface area contributed by atoms with E-state index in [0.29, 0.717) is 0 Å². The smallest absolute Gasteiger partial charge is 0.241 e. The highest BCUT2D eigenvalue weighted by atomic mass is 79.9. The number of allylic oxidation sites excluding steroid dienone is 1. The maximum atomic E-state index is 13.2. The lowest BCUT2D eigenvalue weighted by atomic mass is 10.1. The molecule has 2 rings (SSSR count). The van der Waals surface area contributed by atoms with Gasteiger partial charge in [-0.2, -0.15) is 0 Å². The van der Waals surface area contributed by atoms with Crippen molar-refractivity contribution in [1.29, 1.82) is 0 Å². The molecule has 1 aromatic rings. The third-order valence-electron chi connectivity index (χ3n) is 2.47. The molecule has 1 aliphatic rings. The lowest BCUT2D eigenvalue weighted by Crippen LogP contribution is -2.06. The molecule has 15 heavy (non-hydrogen) atoms. The van der Waals surface area contributed by atoms with Crippen molar-refractivity contribution in [2.45, 2.75) is 12.8 Å². The molecule has 0 saturated carbocycles. The van der Waals surface area contributed by atoms with Gasteiger partial charge in [-0.25, -0.2) is 4.39 Å². The first-order chi connectivity index (χ1) is 7.08. The maximum Gasteiger partial charge on any atom is 0.241 e. The molecule has 0 aliphatic heterocycles. The van der Waals surface area contributed by atoms with E-state index in [4.69, 9.17) is 5.73 Å². The lowest BCUT2D eigenvalue weighted by Gasteiger charge is -2.03. The van der Waals surface area contributed by atoms with Gasteiger partial charge in [0, 0.05) is 10.5 Å². The largest absolute Gasteiger partial charge is 0.366 e. The highest BCUT2D eigenvalue weighted by molar-refractivity contribution is 9.10. The standard InChI is InChI=1S/C11H9BrFNO/c12-10-5-7(13)4-9-6(3-11(14)15)1-2-8(9)10/h3-5H,1-2H2,(H2,14,15)/b6-3+. The molecule has 0 spiro atoms. The molecule has 0 heterocycles. The van der Waals surface area contributed by atoms with Gasteiger partial charge in [0.2, 0.25) is 5.91 Å². The molecular weight excluding hydrogens is 261 g/mol. The molecule has 1 aromatic carbocycles. The molecule has 4 heteroatoms. The summed E-state index contributed by atoms with van der Waals surface area (Å²) in [6, 6.07) is 2.88. The summed E-state index contributed by atoms with van der Waals surface area (Å²) in [6.45, 7) is 0. The Morgan fingerprint density at radius 3 is 2.87 bits per heavy atom. The first-order valence-electron chi connectivity index (χ1n) is 4.56. The number of nitrogens with two attached hydrogens (primary N) is 1. The summed E-state index contributed by atoms with van der Waals surface area (Å²) in [7, 11) is 0. The second-order valence-corrected chi connectivity index (χ2v) is 4.34. The fourth-order valence-corrected chi connectivity index (χ4v) is 2.49. The minimum absolute atomic E-state index is 0.308. The molecule has 2 N–H and O–H groups in total. The first-order valence-corrected chi connectivity index (χ1v) is 5.35. The van der Waals surface area contributed by atoms with Crippen molar-refractivity contribution < 1.29 is 9.18 Å². The second-order valence-electron chi connectivity index (χ2n) is 3.49. The number of hydrogen-bond acceptors (Lipinski definition) is 1. The molecule has 2 nitrogen and oxygen atoms in total. The van der Waals surface area contributed by atoms with Crippen LogP contribution < -0.4 is 5.73 Å². The van der Waals surface area contributed by atoms with Crippen LogP contribution in [0.3, 0.4) is 0 Å². The van der Waals surface area contributed by atoms with Crippen molar-refractivity contribution in [2.75, 3.05) is 0 Å². The van der Waals surface area contributed by atoms with Crippen molar-refractivity contribution in [3.63, 3.8) is 0 Å². The normalized spacial score (nSPS) is 16.8. The van der Waals surface area contributed by atoms with E-state index in [1.165, 1.54) is 18.2 Å². The van der Waals surface area contributed by atoms with Crippen LogP contribution in [0.4, 0.5) is 4.39 Å². The SMILES string of the molecule is NC(=O)/C=C1\CCc2c(Br)cc(F)cc21. The molecule has 0 unspecified atom stereocenters. The summed E-state index contributed by atoms with van der Waals surface area (Å²) in [5, 5.41) is 0. The maximum absolute atomic E-state index is 13.2. The van der Waals surface area contributed by atoms with Gasteiger partial charge in [0.1, 0.15) is 5.82 Å². The van der Waals surface area contributed by atoms with Crippen LogP contribution in [-0.2, 0) is 11.2 Å². The molecule has 0 saturated heterocycles. The number of fused-ring (bicyclic) bond motifs is 1. The van der Waals surface area contributed by atoms with Crippen molar-refractivity contribution in [3.8, 4) is 0 Å². The Morgan fingerprint density at radius 2 is 2.20 bits per heavy atom. The summed E-state index contributed by atoms with van der Waals surface area (Å²) >= 11 is 3.31. The second kappa shape index (κ2) is 3.77. The highest BCUT2D eigenvalue weighted by Crippen LogP contribution is 2.37. The van der Waals surface area contributed by atoms with Gasteiger partial charge < -0.3 is 5.73 Å². The quantitative estimate of drug-likeness (QED) is 0.782. The van der Waals surface area contributed by atoms with Gasteiger partial charge in [-0.05, 0) is 41.7 Å². The Labute approximate surface area is 95.1 Å². The van der Waals surface area contributed by atoms with Crippen LogP contribution in [0.15, 0.2) is 22.7 Å². The van der Waals surface area contributed by atoms with Gasteiger partial charge in [-0.3, -0.25) is 4.79 Å². The van der Waals surface area contributed by atoms with Crippen LogP contribution in [0.2, 0.25) is 0 Å². The van der Waals surface area contributed by atoms with Gasteiger partial charge in [0.25, 0.3) is 0 Å². The molecule has 0 radical (unpaired) electrons. The Kier molecular flexibility index (Phi) is 2.61. The fourth-order valence-electron chi connectivity index (χ4n) is 1.86. The van der Waals surface area contributed by atoms with Crippen LogP contribution in [0.5, 0.6) is 0 Å². The predicted octanol–water partition coefficient (Wildman–Crippen LogP) is 2.40. The van der Waals surface area contributed by atoms with Gasteiger partial charge in [-0.1, -0.05) is 15.9 Å². The van der Waals surface area contributed by atoms with Crippen LogP contribution in [0.25, 0.3) is 5.57 Å². The number of hydrogen-bond donors (Lipinski definition) is 1. The molecule has 0 aromatic heterocycles. The zero-order valence-corrected chi connectivity index (χ0v) is 9.47. The van der Waals surface area contributed by atoms with E-state index in [1.54, 1.807) is 0 Å². The van der Waals surface area contributed by atoms with E-state index in [0.717, 1.165) is 34.0 Å². The fraction of sp³-hybridized carbons (Fsp3) is 0.182. The van der Waals surface area contributed by atoms with Gasteiger partial charge in [-0.15, -0.1) is 0 Å². The number of primary amides is 1. The number of rotatable bonds is 1. The monoisotopic (exact) mass is 269 g/mol. The predicted molar refractivity (Wildman–Crippen MR) is 59.6 cm³/mol. The van der Waals surface area contributed by atoms with Crippen molar-refractivity contribution >= 4 is 27.4 Å². The molecule has 1 aliphatic carbocycles. The topological polar surface area (TPSA) is 43.1 Å². The average molecular weight is 270 g/mol. The zero-order chi connectivity index (χ0) is 11.0. The van der Waals surface area contributed by atoms with E-state index >= 15 is 0 Å². The van der Waals surface area contributed by atoms with Gasteiger partial charge in [0.05, 0.1) is 0 Å². The molecule has 0 atom stereocenters. The van der Waals surface area contributed by atoms with Crippen LogP contribution in [-0.4, -0.2) is 5.91 Å². The minimum atomic E-state index is -0.488. The van der Waals surface area contributed by atoms with Crippen LogP contribution in [0, 0.1) is 5.82 Å². The number of carbonyl (C=O) groups excluding carboxylic acids is 1. The van der Waals surface area contributed by atoms with Crippen molar-refractivity contribution in [1.82, 2.24) is 0 Å². The number of amides is 1. The third-order valence-corrected chi connectivity index (χ3v) is 3.17. The van der Waals surface area contributed by atoms with Crippen molar-refractivity contribution in [3.05, 3.63) is 39.6 Å². The first kappa shape index (κ1) is 10.4. The van der Waals surface area contributed by atoms with Gasteiger partial charge in [0.15, 0.2) is 0 Å². The van der Waals surface area contributed by atoms with E-state index in [9.17, 15) is 9.18 Å². The van der Waals surface area contributed by atoms with Crippen LogP contribution >= 0.6 is 15.9 Å². The van der Waals surface area contributed by atoms with E-state index in [-0.39, 0.29) is 5.82 Å². The summed E-state index contributed by atoms with van der Waals surface area (Å²) in [5.41, 5.74) is 7.74. The Hall–Kier alpha value is -1.16. The molecule has 78 valence electrons. The van der Waals surface area contributed by atoms with E-state index in [1.807, 2.05) is 0 Å². The van der Waals surface area contributed by atoms with Gasteiger partial charge >= 0.3 is 0 Å². The highest BCUT2D eigenvalue weighted by Gasteiger charge is 2.20. The van der Waals surface area contributed by atoms with Crippen LogP contribution in [0.1, 0.15) is 17.5 Å². The lowest BCUT2D eigenvalue weighted by molar-refractivity contribution is -0.113. The van der Waals surface area contributed by atoms with E-state index in [2.05, 4.69) is 15.9 Å². The molecule has 0 fully saturated rings. The Morgan fingerprint density at radius 1 is 1.47 bits per heavy atom. The number of halogens is 2. The average Bonchev–Trinajstić information content (AvgIpc) is 2.48. The molecule has 1 amide bonds. The Balaban J connectivity index is 2.55. The minimum Gasteiger partial charge on any atom is -0.366 e. The summed E-state index contributed by atoms with van der Waals surface area (Å²) in [6.07, 6.45) is 2.92. The molecule has 0 bridgehead atoms. The summed E-state index contributed by atoms with van der Waals surface area (Å²) in [5.74, 6) is -0.795. The third kappa shape index (κ3) is 1.95. The van der Waals surface area contributed by atoms with E-state index < -0.39 is 5.91 Å². The molecular formula is C11H9BrFNO.